The summed E-state index contributed by atoms with van der Waals surface area (Å²) in [5.74, 6) is 0.606. The van der Waals surface area contributed by atoms with Gasteiger partial charge >= 0.3 is 0 Å². The molecular weight excluding hydrogens is 568 g/mol. The number of rotatable bonds is 8. The maximum atomic E-state index is 9.61. The molecule has 1 nitrogen and oxygen atoms in total. The summed E-state index contributed by atoms with van der Waals surface area (Å²) in [6, 6.07) is 11.2. The summed E-state index contributed by atoms with van der Waals surface area (Å²) in [6.07, 6.45) is 34.4. The van der Waals surface area contributed by atoms with Crippen LogP contribution in [-0.4, -0.2) is 28.0 Å². The van der Waals surface area contributed by atoms with Crippen molar-refractivity contribution in [2.75, 3.05) is 0 Å². The van der Waals surface area contributed by atoms with Crippen molar-refractivity contribution in [3.63, 3.8) is 0 Å². The third-order valence-corrected chi connectivity index (χ3v) is 20.5. The van der Waals surface area contributed by atoms with E-state index >= 15 is 0 Å². The minimum atomic E-state index is -0.366. The van der Waals surface area contributed by atoms with Gasteiger partial charge in [-0.3, -0.25) is 0 Å². The number of benzene rings is 1. The van der Waals surface area contributed by atoms with Crippen LogP contribution in [0, 0.1) is 17.2 Å². The Morgan fingerprint density at radius 1 is 0.762 bits per heavy atom. The lowest BCUT2D eigenvalue weighted by Crippen LogP contribution is -2.43. The van der Waals surface area contributed by atoms with E-state index in [1.165, 1.54) is 121 Å². The number of hydrogen-bond acceptors (Lipinski definition) is 1. The number of alkyl halides is 1. The molecule has 0 radical (unpaired) electrons. The monoisotopic (exact) mass is 621 g/mol. The summed E-state index contributed by atoms with van der Waals surface area (Å²) in [6.45, 7) is 2.69. The minimum Gasteiger partial charge on any atom is -0.192 e. The van der Waals surface area contributed by atoms with Crippen molar-refractivity contribution in [1.29, 1.82) is 5.26 Å². The van der Waals surface area contributed by atoms with Crippen LogP contribution < -0.4 is 0 Å². The molecule has 0 spiro atoms. The molecule has 228 valence electrons. The fourth-order valence-electron chi connectivity index (χ4n) is 9.85. The Balaban J connectivity index is 1.40. The van der Waals surface area contributed by atoms with Crippen molar-refractivity contribution in [2.45, 2.75) is 162 Å². The first kappa shape index (κ1) is 31.3. The van der Waals surface area contributed by atoms with E-state index in [1.807, 2.05) is 5.31 Å². The van der Waals surface area contributed by atoms with Gasteiger partial charge in [0.25, 0.3) is 0 Å². The molecule has 4 heteroatoms. The zero-order valence-corrected chi connectivity index (χ0v) is 28.7. The second-order valence-electron chi connectivity index (χ2n) is 14.3. The minimum absolute atomic E-state index is 0.0600. The summed E-state index contributed by atoms with van der Waals surface area (Å²) in [5.41, 5.74) is 5.62. The maximum absolute atomic E-state index is 9.61. The van der Waals surface area contributed by atoms with Crippen molar-refractivity contribution in [3.8, 4) is 6.07 Å². The van der Waals surface area contributed by atoms with Crippen LogP contribution in [0.4, 0.5) is 0 Å². The van der Waals surface area contributed by atoms with Crippen LogP contribution in [0.5, 0.6) is 0 Å². The van der Waals surface area contributed by atoms with E-state index in [9.17, 15) is 5.26 Å². The summed E-state index contributed by atoms with van der Waals surface area (Å²) < 4.78 is 0. The van der Waals surface area contributed by atoms with Gasteiger partial charge in [0, 0.05) is 16.5 Å². The predicted molar refractivity (Wildman–Crippen MR) is 186 cm³/mol. The molecule has 6 rings (SSSR count). The first-order chi connectivity index (χ1) is 20.6. The quantitative estimate of drug-likeness (QED) is 0.209. The van der Waals surface area contributed by atoms with Crippen LogP contribution in [0.2, 0.25) is 0 Å². The zero-order valence-electron chi connectivity index (χ0n) is 26.2. The molecule has 1 aromatic rings. The molecule has 0 heterocycles. The van der Waals surface area contributed by atoms with E-state index in [0.717, 1.165) is 29.0 Å². The molecule has 0 aliphatic heterocycles. The Morgan fingerprint density at radius 2 is 1.31 bits per heavy atom. The highest BCUT2D eigenvalue weighted by atomic mass is 35.5. The lowest BCUT2D eigenvalue weighted by molar-refractivity contribution is 0.393. The van der Waals surface area contributed by atoms with Crippen LogP contribution in [0.1, 0.15) is 140 Å². The number of halogens is 1. The van der Waals surface area contributed by atoms with E-state index < -0.39 is 0 Å². The first-order valence-corrected chi connectivity index (χ1v) is 21.1. The standard InChI is InChI=1S/C38H54ClNP2/c1-29(35-20-13-21-36(35)41(32-14-5-2-6-15-32)33-16-7-3-8-17-33)42(34-18-9-4-10-19-34)38(27-12-11-22-37(38)39)31-25-23-30(28-40)24-26-31/h13,20-21,23-26,29,32-35,37H,2-12,14-19,22,27H2,1H3/t29?,35?,37?,38?,42-/m0/s1. The second-order valence-corrected chi connectivity index (χ2v) is 20.7. The maximum Gasteiger partial charge on any atom is 0.0991 e. The molecule has 0 aromatic heterocycles. The lowest BCUT2D eigenvalue weighted by Gasteiger charge is -2.55. The molecule has 0 saturated heterocycles. The molecular formula is C38H54ClNP2. The smallest absolute Gasteiger partial charge is 0.0991 e. The van der Waals surface area contributed by atoms with E-state index in [4.69, 9.17) is 11.6 Å². The van der Waals surface area contributed by atoms with Gasteiger partial charge < -0.3 is 0 Å². The van der Waals surface area contributed by atoms with Crippen LogP contribution in [0.25, 0.3) is 0 Å². The van der Waals surface area contributed by atoms with E-state index in [2.05, 4.69) is 55.5 Å². The average molecular weight is 622 g/mol. The van der Waals surface area contributed by atoms with Gasteiger partial charge in [-0.25, -0.2) is 0 Å². The summed E-state index contributed by atoms with van der Waals surface area (Å²) in [7, 11) is -0.444. The highest BCUT2D eigenvalue weighted by Gasteiger charge is 2.53. The first-order valence-electron chi connectivity index (χ1n) is 17.7. The molecule has 5 atom stereocenters. The fraction of sp³-hybridized carbons (Fsp3) is 0.711. The number of allylic oxidation sites excluding steroid dienone is 4. The summed E-state index contributed by atoms with van der Waals surface area (Å²) in [5, 5.41) is 11.8. The Hall–Kier alpha value is -0.660. The summed E-state index contributed by atoms with van der Waals surface area (Å²) >= 11 is 7.68. The van der Waals surface area contributed by atoms with Crippen LogP contribution in [0.3, 0.4) is 0 Å². The number of nitrogens with zero attached hydrogens (tertiary/aromatic N) is 1. The van der Waals surface area contributed by atoms with Gasteiger partial charge in [-0.15, -0.1) is 11.6 Å². The third-order valence-electron chi connectivity index (χ3n) is 11.8. The molecule has 4 saturated carbocycles. The molecule has 4 unspecified atom stereocenters. The largest absolute Gasteiger partial charge is 0.192 e. The van der Waals surface area contributed by atoms with Gasteiger partial charge in [-0.1, -0.05) is 124 Å². The van der Waals surface area contributed by atoms with Gasteiger partial charge in [-0.05, 0) is 97.0 Å². The normalized spacial score (nSPS) is 31.5. The SMILES string of the molecule is CC(C1C=CC=C1P(C1CCCCC1)C1CCCCC1)[P@@](C1CCCCC1)C1(c2ccc(C#N)cc2)CCCCC1Cl. The molecule has 1 aromatic carbocycles. The molecule has 0 N–H and O–H groups in total. The Bertz CT molecular complexity index is 1100. The van der Waals surface area contributed by atoms with Crippen LogP contribution >= 0.6 is 27.4 Å². The molecule has 42 heavy (non-hydrogen) atoms. The Labute approximate surface area is 264 Å². The molecule has 0 bridgehead atoms. The van der Waals surface area contributed by atoms with E-state index in [-0.39, 0.29) is 26.4 Å². The Kier molecular flexibility index (Phi) is 10.9. The van der Waals surface area contributed by atoms with Crippen molar-refractivity contribution < 1.29 is 0 Å². The highest BCUT2D eigenvalue weighted by Crippen LogP contribution is 2.74. The van der Waals surface area contributed by atoms with Crippen LogP contribution in [-0.2, 0) is 5.16 Å². The van der Waals surface area contributed by atoms with Crippen molar-refractivity contribution >= 4 is 27.4 Å². The zero-order chi connectivity index (χ0) is 28.9. The second kappa shape index (κ2) is 14.6. The molecule has 4 fully saturated rings. The molecule has 0 amide bonds. The Morgan fingerprint density at radius 3 is 1.86 bits per heavy atom. The van der Waals surface area contributed by atoms with Gasteiger partial charge in [0.05, 0.1) is 11.6 Å². The van der Waals surface area contributed by atoms with Gasteiger partial charge in [0.1, 0.15) is 0 Å². The van der Waals surface area contributed by atoms with Gasteiger partial charge in [0.15, 0.2) is 0 Å². The number of hydrogen-bond donors (Lipinski definition) is 0. The van der Waals surface area contributed by atoms with Gasteiger partial charge in [0.2, 0.25) is 0 Å². The van der Waals surface area contributed by atoms with Crippen molar-refractivity contribution in [2.24, 2.45) is 5.92 Å². The predicted octanol–water partition coefficient (Wildman–Crippen LogP) is 12.4. The van der Waals surface area contributed by atoms with Gasteiger partial charge in [-0.2, -0.15) is 5.26 Å². The number of nitriles is 1. The highest BCUT2D eigenvalue weighted by molar-refractivity contribution is 7.64. The molecule has 5 aliphatic carbocycles. The lowest BCUT2D eigenvalue weighted by atomic mass is 9.82. The fourth-order valence-corrected chi connectivity index (χ4v) is 19.8. The van der Waals surface area contributed by atoms with Crippen molar-refractivity contribution in [1.82, 2.24) is 0 Å². The summed E-state index contributed by atoms with van der Waals surface area (Å²) in [4.78, 5) is 0. The van der Waals surface area contributed by atoms with Crippen molar-refractivity contribution in [3.05, 3.63) is 58.9 Å². The topological polar surface area (TPSA) is 23.8 Å². The molecule has 5 aliphatic rings. The van der Waals surface area contributed by atoms with E-state index in [0.29, 0.717) is 11.6 Å². The third kappa shape index (κ3) is 6.36. The van der Waals surface area contributed by atoms with Crippen LogP contribution in [0.15, 0.2) is 47.8 Å². The average Bonchev–Trinajstić information content (AvgIpc) is 3.53. The van der Waals surface area contributed by atoms with E-state index in [1.54, 1.807) is 0 Å².